The Hall–Kier alpha value is -2.01. The van der Waals surface area contributed by atoms with Crippen molar-refractivity contribution in [2.24, 2.45) is 0 Å². The van der Waals surface area contributed by atoms with Gasteiger partial charge in [0.05, 0.1) is 18.5 Å². The number of benzene rings is 1. The van der Waals surface area contributed by atoms with Crippen molar-refractivity contribution < 1.29 is 9.50 Å². The topological polar surface area (TPSA) is 72.0 Å². The molecule has 0 unspecified atom stereocenters. The summed E-state index contributed by atoms with van der Waals surface area (Å²) in [5.41, 5.74) is 6.99. The number of nitrogens with zero attached hydrogens (tertiary/aromatic N) is 2. The first-order chi connectivity index (χ1) is 7.74. The van der Waals surface area contributed by atoms with E-state index >= 15 is 0 Å². The van der Waals surface area contributed by atoms with Gasteiger partial charge in [-0.1, -0.05) is 12.1 Å². The average molecular weight is 219 g/mol. The molecule has 0 aliphatic carbocycles. The molecule has 0 spiro atoms. The molecule has 0 amide bonds. The lowest BCUT2D eigenvalue weighted by molar-refractivity contribution is 0.282. The van der Waals surface area contributed by atoms with E-state index in [2.05, 4.69) is 10.2 Å². The van der Waals surface area contributed by atoms with Crippen LogP contribution in [0.25, 0.3) is 11.3 Å². The molecule has 0 atom stereocenters. The molecule has 5 heteroatoms. The number of halogens is 1. The van der Waals surface area contributed by atoms with Crippen molar-refractivity contribution in [3.8, 4) is 11.3 Å². The number of nitrogens with two attached hydrogens (primary N) is 1. The molecule has 0 fully saturated rings. The summed E-state index contributed by atoms with van der Waals surface area (Å²) in [5.74, 6) is -0.418. The van der Waals surface area contributed by atoms with Crippen molar-refractivity contribution in [3.63, 3.8) is 0 Å². The minimum Gasteiger partial charge on any atom is -0.397 e. The minimum absolute atomic E-state index is 0.247. The lowest BCUT2D eigenvalue weighted by Crippen LogP contribution is -2.02. The minimum atomic E-state index is -0.418. The van der Waals surface area contributed by atoms with Gasteiger partial charge in [0, 0.05) is 11.1 Å². The van der Waals surface area contributed by atoms with Crippen LogP contribution in [-0.2, 0) is 6.61 Å². The van der Waals surface area contributed by atoms with Gasteiger partial charge in [0.15, 0.2) is 0 Å². The van der Waals surface area contributed by atoms with E-state index < -0.39 is 5.82 Å². The Labute approximate surface area is 91.6 Å². The predicted molar refractivity (Wildman–Crippen MR) is 57.8 cm³/mol. The Kier molecular flexibility index (Phi) is 2.78. The second-order valence-electron chi connectivity index (χ2n) is 3.27. The molecule has 0 aliphatic heterocycles. The summed E-state index contributed by atoms with van der Waals surface area (Å²) in [5, 5.41) is 16.5. The monoisotopic (exact) mass is 219 g/mol. The Bertz CT molecular complexity index is 516. The van der Waals surface area contributed by atoms with Crippen LogP contribution in [0.2, 0.25) is 0 Å². The van der Waals surface area contributed by atoms with Gasteiger partial charge in [-0.15, -0.1) is 5.10 Å². The van der Waals surface area contributed by atoms with E-state index in [1.807, 2.05) is 0 Å². The summed E-state index contributed by atoms with van der Waals surface area (Å²) in [6, 6.07) is 6.16. The second-order valence-corrected chi connectivity index (χ2v) is 3.27. The number of aromatic nitrogens is 2. The SMILES string of the molecule is Nc1c(CO)cnnc1-c1ccccc1F. The number of aliphatic hydroxyl groups is 1. The van der Waals surface area contributed by atoms with Gasteiger partial charge < -0.3 is 10.8 Å². The number of rotatable bonds is 2. The van der Waals surface area contributed by atoms with E-state index in [1.54, 1.807) is 18.2 Å². The third-order valence-corrected chi connectivity index (χ3v) is 2.27. The van der Waals surface area contributed by atoms with Crippen LogP contribution in [0.3, 0.4) is 0 Å². The molecular weight excluding hydrogens is 209 g/mol. The van der Waals surface area contributed by atoms with Crippen molar-refractivity contribution in [1.29, 1.82) is 0 Å². The fraction of sp³-hybridized carbons (Fsp3) is 0.0909. The van der Waals surface area contributed by atoms with E-state index in [4.69, 9.17) is 10.8 Å². The average Bonchev–Trinajstić information content (AvgIpc) is 2.31. The Morgan fingerprint density at radius 3 is 2.75 bits per heavy atom. The van der Waals surface area contributed by atoms with Crippen molar-refractivity contribution in [2.75, 3.05) is 5.73 Å². The highest BCUT2D eigenvalue weighted by Gasteiger charge is 2.12. The van der Waals surface area contributed by atoms with Crippen LogP contribution in [0.4, 0.5) is 10.1 Å². The maximum absolute atomic E-state index is 13.5. The Morgan fingerprint density at radius 1 is 1.31 bits per heavy atom. The molecule has 0 saturated heterocycles. The smallest absolute Gasteiger partial charge is 0.132 e. The predicted octanol–water partition coefficient (Wildman–Crippen LogP) is 1.36. The molecule has 2 aromatic rings. The zero-order valence-corrected chi connectivity index (χ0v) is 8.39. The normalized spacial score (nSPS) is 10.4. The lowest BCUT2D eigenvalue weighted by Gasteiger charge is -2.07. The van der Waals surface area contributed by atoms with Gasteiger partial charge in [-0.05, 0) is 12.1 Å². The highest BCUT2D eigenvalue weighted by atomic mass is 19.1. The molecule has 1 aromatic carbocycles. The largest absolute Gasteiger partial charge is 0.397 e. The number of nitrogen functional groups attached to an aromatic ring is 1. The third-order valence-electron chi connectivity index (χ3n) is 2.27. The molecule has 0 aliphatic rings. The van der Waals surface area contributed by atoms with Crippen molar-refractivity contribution in [1.82, 2.24) is 10.2 Å². The van der Waals surface area contributed by atoms with Crippen LogP contribution in [-0.4, -0.2) is 15.3 Å². The van der Waals surface area contributed by atoms with Gasteiger partial charge in [-0.2, -0.15) is 5.10 Å². The van der Waals surface area contributed by atoms with Gasteiger partial charge in [0.1, 0.15) is 11.5 Å². The molecule has 16 heavy (non-hydrogen) atoms. The molecule has 82 valence electrons. The third kappa shape index (κ3) is 1.72. The zero-order chi connectivity index (χ0) is 11.5. The number of hydrogen-bond donors (Lipinski definition) is 2. The maximum Gasteiger partial charge on any atom is 0.132 e. The summed E-state index contributed by atoms with van der Waals surface area (Å²) in [6.45, 7) is -0.247. The zero-order valence-electron chi connectivity index (χ0n) is 8.39. The highest BCUT2D eigenvalue weighted by Crippen LogP contribution is 2.27. The summed E-state index contributed by atoms with van der Waals surface area (Å²) >= 11 is 0. The number of anilines is 1. The fourth-order valence-corrected chi connectivity index (χ4v) is 1.41. The molecule has 2 rings (SSSR count). The van der Waals surface area contributed by atoms with E-state index in [0.717, 1.165) is 0 Å². The van der Waals surface area contributed by atoms with Gasteiger partial charge in [-0.3, -0.25) is 0 Å². The molecule has 0 saturated carbocycles. The van der Waals surface area contributed by atoms with E-state index in [9.17, 15) is 4.39 Å². The number of aliphatic hydroxyl groups excluding tert-OH is 1. The van der Waals surface area contributed by atoms with Gasteiger partial charge >= 0.3 is 0 Å². The van der Waals surface area contributed by atoms with E-state index in [0.29, 0.717) is 5.56 Å². The molecule has 4 nitrogen and oxygen atoms in total. The summed E-state index contributed by atoms with van der Waals surface area (Å²) in [4.78, 5) is 0. The molecule has 3 N–H and O–H groups in total. The number of hydrogen-bond acceptors (Lipinski definition) is 4. The Morgan fingerprint density at radius 2 is 2.06 bits per heavy atom. The van der Waals surface area contributed by atoms with Gasteiger partial charge in [0.25, 0.3) is 0 Å². The van der Waals surface area contributed by atoms with Crippen molar-refractivity contribution >= 4 is 5.69 Å². The summed E-state index contributed by atoms with van der Waals surface area (Å²) in [6.07, 6.45) is 1.36. The molecule has 1 heterocycles. The van der Waals surface area contributed by atoms with Crippen LogP contribution < -0.4 is 5.73 Å². The van der Waals surface area contributed by atoms with Crippen LogP contribution in [0, 0.1) is 5.82 Å². The van der Waals surface area contributed by atoms with Crippen LogP contribution in [0.15, 0.2) is 30.5 Å². The highest BCUT2D eigenvalue weighted by molar-refractivity contribution is 5.74. The molecule has 0 bridgehead atoms. The van der Waals surface area contributed by atoms with Crippen LogP contribution >= 0.6 is 0 Å². The first-order valence-corrected chi connectivity index (χ1v) is 4.70. The summed E-state index contributed by atoms with van der Waals surface area (Å²) in [7, 11) is 0. The fourth-order valence-electron chi connectivity index (χ4n) is 1.41. The summed E-state index contributed by atoms with van der Waals surface area (Å²) < 4.78 is 13.5. The Balaban J connectivity index is 2.61. The molecule has 0 radical (unpaired) electrons. The van der Waals surface area contributed by atoms with Gasteiger partial charge in [-0.25, -0.2) is 4.39 Å². The maximum atomic E-state index is 13.5. The molecular formula is C11H10FN3O. The van der Waals surface area contributed by atoms with E-state index in [-0.39, 0.29) is 23.6 Å². The first-order valence-electron chi connectivity index (χ1n) is 4.70. The van der Waals surface area contributed by atoms with Crippen LogP contribution in [0.5, 0.6) is 0 Å². The van der Waals surface area contributed by atoms with Crippen LogP contribution in [0.1, 0.15) is 5.56 Å². The standard InChI is InChI=1S/C11H10FN3O/c12-9-4-2-1-3-8(9)11-10(13)7(6-16)5-14-15-11/h1-5,16H,6H2,(H2,13,14). The first kappa shape index (κ1) is 10.5. The quantitative estimate of drug-likeness (QED) is 0.799. The van der Waals surface area contributed by atoms with Crippen molar-refractivity contribution in [3.05, 3.63) is 41.8 Å². The van der Waals surface area contributed by atoms with E-state index in [1.165, 1.54) is 12.3 Å². The van der Waals surface area contributed by atoms with Gasteiger partial charge in [0.2, 0.25) is 0 Å². The molecule has 1 aromatic heterocycles. The van der Waals surface area contributed by atoms with Crippen molar-refractivity contribution in [2.45, 2.75) is 6.61 Å². The second kappa shape index (κ2) is 4.24. The lowest BCUT2D eigenvalue weighted by atomic mass is 10.1.